The molecule has 16 heavy (non-hydrogen) atoms. The predicted molar refractivity (Wildman–Crippen MR) is 62.1 cm³/mol. The summed E-state index contributed by atoms with van der Waals surface area (Å²) in [5.41, 5.74) is 2.94. The summed E-state index contributed by atoms with van der Waals surface area (Å²) in [6.07, 6.45) is 1.71. The molecule has 4 heteroatoms. The van der Waals surface area contributed by atoms with Gasteiger partial charge in [0.2, 0.25) is 0 Å². The van der Waals surface area contributed by atoms with Crippen LogP contribution >= 0.6 is 11.6 Å². The molecule has 2 aromatic rings. The Balaban J connectivity index is 2.19. The zero-order valence-electron chi connectivity index (χ0n) is 9.16. The Morgan fingerprint density at radius 3 is 2.50 bits per heavy atom. The van der Waals surface area contributed by atoms with E-state index >= 15 is 0 Å². The smallest absolute Gasteiger partial charge is 0.399 e. The van der Waals surface area contributed by atoms with E-state index in [2.05, 4.69) is 11.1 Å². The van der Waals surface area contributed by atoms with E-state index in [-0.39, 0.29) is 6.08 Å². The van der Waals surface area contributed by atoms with Gasteiger partial charge in [-0.15, -0.1) is 11.6 Å². The van der Waals surface area contributed by atoms with Crippen LogP contribution in [0.4, 0.5) is 0 Å². The Kier molecular flexibility index (Phi) is 3.15. The number of aryl methyl sites for hydroxylation is 2. The molecule has 3 nitrogen and oxygen atoms in total. The summed E-state index contributed by atoms with van der Waals surface area (Å²) in [5.74, 6) is 1.04. The molecular formula is C12H12ClNO2. The second-order valence-corrected chi connectivity index (χ2v) is 3.93. The van der Waals surface area contributed by atoms with E-state index in [1.165, 1.54) is 6.26 Å². The van der Waals surface area contributed by atoms with Crippen molar-refractivity contribution in [2.24, 2.45) is 0 Å². The molecule has 0 aliphatic heterocycles. The lowest BCUT2D eigenvalue weighted by Crippen LogP contribution is -1.87. The Labute approximate surface area is 99.0 Å². The standard InChI is InChI=1S/C12H12ClNO2/c1-8-3-9(2)5-11(4-8)16-12-14-10(6-13)7-15-12/h3-5,7H,6H2,1-2H3. The lowest BCUT2D eigenvalue weighted by atomic mass is 10.1. The highest BCUT2D eigenvalue weighted by molar-refractivity contribution is 6.16. The fourth-order valence-electron chi connectivity index (χ4n) is 1.49. The summed E-state index contributed by atoms with van der Waals surface area (Å²) in [6, 6.07) is 5.93. The first kappa shape index (κ1) is 11.0. The first-order valence-electron chi connectivity index (χ1n) is 4.94. The number of hydrogen-bond acceptors (Lipinski definition) is 3. The molecule has 0 saturated heterocycles. The van der Waals surface area contributed by atoms with Crippen LogP contribution in [0.15, 0.2) is 28.9 Å². The predicted octanol–water partition coefficient (Wildman–Crippen LogP) is 3.82. The number of oxazole rings is 1. The molecule has 84 valence electrons. The number of halogens is 1. The van der Waals surface area contributed by atoms with Gasteiger partial charge in [-0.05, 0) is 37.1 Å². The number of nitrogens with zero attached hydrogens (tertiary/aromatic N) is 1. The van der Waals surface area contributed by atoms with E-state index in [0.29, 0.717) is 11.6 Å². The van der Waals surface area contributed by atoms with Crippen LogP contribution < -0.4 is 4.74 Å². The van der Waals surface area contributed by atoms with Crippen molar-refractivity contribution in [3.8, 4) is 11.8 Å². The fourth-order valence-corrected chi connectivity index (χ4v) is 1.61. The molecule has 0 bridgehead atoms. The highest BCUT2D eigenvalue weighted by atomic mass is 35.5. The van der Waals surface area contributed by atoms with Gasteiger partial charge in [0.1, 0.15) is 12.0 Å². The molecule has 2 rings (SSSR count). The second kappa shape index (κ2) is 4.58. The van der Waals surface area contributed by atoms with Crippen LogP contribution in [0.1, 0.15) is 16.8 Å². The molecule has 1 aromatic heterocycles. The van der Waals surface area contributed by atoms with Gasteiger partial charge in [0.05, 0.1) is 11.6 Å². The van der Waals surface area contributed by atoms with Gasteiger partial charge in [0.25, 0.3) is 0 Å². The third-order valence-corrected chi connectivity index (χ3v) is 2.34. The summed E-state index contributed by atoms with van der Waals surface area (Å²) in [5, 5.41) is 0. The molecule has 0 unspecified atom stereocenters. The number of benzene rings is 1. The molecule has 0 N–H and O–H groups in total. The highest BCUT2D eigenvalue weighted by Crippen LogP contribution is 2.23. The molecule has 1 aromatic carbocycles. The van der Waals surface area contributed by atoms with E-state index in [4.69, 9.17) is 20.8 Å². The van der Waals surface area contributed by atoms with Gasteiger partial charge in [-0.25, -0.2) is 0 Å². The van der Waals surface area contributed by atoms with Gasteiger partial charge in [0, 0.05) is 0 Å². The van der Waals surface area contributed by atoms with E-state index in [9.17, 15) is 0 Å². The first-order valence-corrected chi connectivity index (χ1v) is 5.47. The van der Waals surface area contributed by atoms with Crippen molar-refractivity contribution in [3.05, 3.63) is 41.3 Å². The minimum absolute atomic E-state index is 0.223. The van der Waals surface area contributed by atoms with Gasteiger partial charge >= 0.3 is 6.08 Å². The number of ether oxygens (including phenoxy) is 1. The zero-order chi connectivity index (χ0) is 11.5. The van der Waals surface area contributed by atoms with E-state index < -0.39 is 0 Å². The molecule has 0 fully saturated rings. The molecule has 0 radical (unpaired) electrons. The van der Waals surface area contributed by atoms with Crippen molar-refractivity contribution in [2.75, 3.05) is 0 Å². The maximum absolute atomic E-state index is 5.62. The van der Waals surface area contributed by atoms with Crippen molar-refractivity contribution in [1.82, 2.24) is 4.98 Å². The number of alkyl halides is 1. The topological polar surface area (TPSA) is 35.3 Å². The van der Waals surface area contributed by atoms with Gasteiger partial charge < -0.3 is 9.15 Å². The molecule has 0 amide bonds. The van der Waals surface area contributed by atoms with Crippen molar-refractivity contribution in [1.29, 1.82) is 0 Å². The third kappa shape index (κ3) is 2.55. The summed E-state index contributed by atoms with van der Waals surface area (Å²) >= 11 is 5.62. The Hall–Kier alpha value is -1.48. The number of aromatic nitrogens is 1. The van der Waals surface area contributed by atoms with Crippen LogP contribution in [0, 0.1) is 13.8 Å². The van der Waals surface area contributed by atoms with Crippen LogP contribution in [0.2, 0.25) is 0 Å². The molecule has 1 heterocycles. The van der Waals surface area contributed by atoms with Crippen LogP contribution in [0.25, 0.3) is 0 Å². The van der Waals surface area contributed by atoms with Crippen molar-refractivity contribution >= 4 is 11.6 Å². The van der Waals surface area contributed by atoms with E-state index in [1.54, 1.807) is 0 Å². The minimum atomic E-state index is 0.223. The van der Waals surface area contributed by atoms with Crippen LogP contribution in [-0.2, 0) is 5.88 Å². The van der Waals surface area contributed by atoms with Gasteiger partial charge in [-0.3, -0.25) is 0 Å². The molecule has 0 atom stereocenters. The summed E-state index contributed by atoms with van der Waals surface area (Å²) in [6.45, 7) is 4.03. The largest absolute Gasteiger partial charge is 0.417 e. The van der Waals surface area contributed by atoms with E-state index in [1.807, 2.05) is 26.0 Å². The maximum Gasteiger partial charge on any atom is 0.399 e. The van der Waals surface area contributed by atoms with Crippen LogP contribution in [0.3, 0.4) is 0 Å². The average Bonchev–Trinajstić information content (AvgIpc) is 2.64. The maximum atomic E-state index is 5.62. The lowest BCUT2D eigenvalue weighted by Gasteiger charge is -2.03. The Morgan fingerprint density at radius 1 is 1.25 bits per heavy atom. The average molecular weight is 238 g/mol. The lowest BCUT2D eigenvalue weighted by molar-refractivity contribution is 0.330. The van der Waals surface area contributed by atoms with Gasteiger partial charge in [0.15, 0.2) is 0 Å². The van der Waals surface area contributed by atoms with Crippen LogP contribution in [0.5, 0.6) is 11.8 Å². The minimum Gasteiger partial charge on any atom is -0.417 e. The second-order valence-electron chi connectivity index (χ2n) is 3.66. The summed E-state index contributed by atoms with van der Waals surface area (Å²) < 4.78 is 10.6. The molecule has 0 aliphatic rings. The third-order valence-electron chi connectivity index (χ3n) is 2.07. The normalized spacial score (nSPS) is 10.4. The molecule has 0 spiro atoms. The summed E-state index contributed by atoms with van der Waals surface area (Å²) in [4.78, 5) is 4.06. The molecular weight excluding hydrogens is 226 g/mol. The molecule has 0 saturated carbocycles. The van der Waals surface area contributed by atoms with Crippen molar-refractivity contribution in [3.63, 3.8) is 0 Å². The number of hydrogen-bond donors (Lipinski definition) is 0. The van der Waals surface area contributed by atoms with Crippen molar-refractivity contribution < 1.29 is 9.15 Å². The first-order chi connectivity index (χ1) is 7.67. The quantitative estimate of drug-likeness (QED) is 0.762. The van der Waals surface area contributed by atoms with Gasteiger partial charge in [-0.2, -0.15) is 4.98 Å². The Morgan fingerprint density at radius 2 is 1.94 bits per heavy atom. The Bertz CT molecular complexity index is 473. The summed E-state index contributed by atoms with van der Waals surface area (Å²) in [7, 11) is 0. The van der Waals surface area contributed by atoms with Crippen LogP contribution in [-0.4, -0.2) is 4.98 Å². The fraction of sp³-hybridized carbons (Fsp3) is 0.250. The SMILES string of the molecule is Cc1cc(C)cc(Oc2nc(CCl)co2)c1. The highest BCUT2D eigenvalue weighted by Gasteiger charge is 2.06. The number of rotatable bonds is 3. The van der Waals surface area contributed by atoms with Gasteiger partial charge in [-0.1, -0.05) is 6.07 Å². The van der Waals surface area contributed by atoms with Crippen molar-refractivity contribution in [2.45, 2.75) is 19.7 Å². The monoisotopic (exact) mass is 237 g/mol. The zero-order valence-corrected chi connectivity index (χ0v) is 9.91. The van der Waals surface area contributed by atoms with E-state index in [0.717, 1.165) is 16.9 Å². The molecule has 0 aliphatic carbocycles.